The van der Waals surface area contributed by atoms with Gasteiger partial charge in [-0.3, -0.25) is 4.79 Å². The molecule has 1 N–H and O–H groups in total. The van der Waals surface area contributed by atoms with E-state index in [0.717, 1.165) is 30.2 Å². The molecule has 1 aliphatic heterocycles. The largest absolute Gasteiger partial charge is 0.497 e. The summed E-state index contributed by atoms with van der Waals surface area (Å²) < 4.78 is 5.14. The minimum Gasteiger partial charge on any atom is -0.497 e. The Morgan fingerprint density at radius 3 is 2.65 bits per heavy atom. The van der Waals surface area contributed by atoms with E-state index in [2.05, 4.69) is 20.2 Å². The summed E-state index contributed by atoms with van der Waals surface area (Å²) in [5.41, 5.74) is 1.12. The molecule has 138 valence electrons. The molecule has 0 unspecified atom stereocenters. The number of anilines is 1. The highest BCUT2D eigenvalue weighted by Gasteiger charge is 2.13. The summed E-state index contributed by atoms with van der Waals surface area (Å²) in [5.74, 6) is 2.45. The van der Waals surface area contributed by atoms with Crippen LogP contribution in [0.15, 0.2) is 36.5 Å². The van der Waals surface area contributed by atoms with Gasteiger partial charge in [0.2, 0.25) is 5.91 Å². The van der Waals surface area contributed by atoms with Crippen LogP contribution in [0.1, 0.15) is 37.1 Å². The van der Waals surface area contributed by atoms with E-state index in [1.54, 1.807) is 13.3 Å². The first-order chi connectivity index (χ1) is 12.7. The maximum Gasteiger partial charge on any atom is 0.220 e. The fourth-order valence-corrected chi connectivity index (χ4v) is 3.09. The first kappa shape index (κ1) is 18.2. The van der Waals surface area contributed by atoms with Crippen molar-refractivity contribution in [2.45, 2.75) is 38.6 Å². The smallest absolute Gasteiger partial charge is 0.220 e. The standard InChI is InChI=1S/C20H26N4O2/c1-26-17-8-5-16(6-9-17)7-10-20(25)22-15-18-21-12-11-19(23-18)24-13-3-2-4-14-24/h5-6,8-9,11-12H,2-4,7,10,13-15H2,1H3,(H,22,25). The van der Waals surface area contributed by atoms with Crippen molar-refractivity contribution in [1.82, 2.24) is 15.3 Å². The van der Waals surface area contributed by atoms with Crippen molar-refractivity contribution in [3.8, 4) is 5.75 Å². The van der Waals surface area contributed by atoms with E-state index in [0.29, 0.717) is 25.2 Å². The number of nitrogens with one attached hydrogen (secondary N) is 1. The molecule has 1 aromatic carbocycles. The van der Waals surface area contributed by atoms with Crippen LogP contribution < -0.4 is 15.0 Å². The maximum absolute atomic E-state index is 12.1. The Bertz CT molecular complexity index is 712. The van der Waals surface area contributed by atoms with Crippen LogP contribution in [0.2, 0.25) is 0 Å². The summed E-state index contributed by atoms with van der Waals surface area (Å²) in [6, 6.07) is 9.73. The second-order valence-corrected chi connectivity index (χ2v) is 6.50. The summed E-state index contributed by atoms with van der Waals surface area (Å²) in [7, 11) is 1.64. The fraction of sp³-hybridized carbons (Fsp3) is 0.450. The number of carbonyl (C=O) groups excluding carboxylic acids is 1. The number of carbonyl (C=O) groups is 1. The summed E-state index contributed by atoms with van der Waals surface area (Å²) in [5, 5.41) is 2.91. The average molecular weight is 354 g/mol. The first-order valence-electron chi connectivity index (χ1n) is 9.21. The zero-order valence-electron chi connectivity index (χ0n) is 15.3. The molecule has 0 saturated carbocycles. The third-order valence-corrected chi connectivity index (χ3v) is 4.61. The van der Waals surface area contributed by atoms with Crippen molar-refractivity contribution in [2.24, 2.45) is 0 Å². The Hall–Kier alpha value is -2.63. The normalized spacial score (nSPS) is 14.1. The number of aromatic nitrogens is 2. The van der Waals surface area contributed by atoms with Crippen LogP contribution in [-0.4, -0.2) is 36.1 Å². The van der Waals surface area contributed by atoms with Gasteiger partial charge in [-0.25, -0.2) is 9.97 Å². The lowest BCUT2D eigenvalue weighted by molar-refractivity contribution is -0.121. The molecule has 0 bridgehead atoms. The van der Waals surface area contributed by atoms with Crippen LogP contribution in [0.5, 0.6) is 5.75 Å². The third kappa shape index (κ3) is 5.18. The molecule has 6 heteroatoms. The van der Waals surface area contributed by atoms with Gasteiger partial charge >= 0.3 is 0 Å². The minimum atomic E-state index is 0.00722. The van der Waals surface area contributed by atoms with E-state index >= 15 is 0 Å². The Kier molecular flexibility index (Phi) is 6.41. The summed E-state index contributed by atoms with van der Waals surface area (Å²) in [4.78, 5) is 23.3. The molecule has 2 heterocycles. The highest BCUT2D eigenvalue weighted by Crippen LogP contribution is 2.17. The van der Waals surface area contributed by atoms with Crippen molar-refractivity contribution in [3.05, 3.63) is 47.9 Å². The molecule has 1 amide bonds. The number of methoxy groups -OCH3 is 1. The fourth-order valence-electron chi connectivity index (χ4n) is 3.09. The summed E-state index contributed by atoms with van der Waals surface area (Å²) in [6.07, 6.45) is 6.62. The topological polar surface area (TPSA) is 67.3 Å². The highest BCUT2D eigenvalue weighted by atomic mass is 16.5. The summed E-state index contributed by atoms with van der Waals surface area (Å²) in [6.45, 7) is 2.46. The Morgan fingerprint density at radius 1 is 1.15 bits per heavy atom. The van der Waals surface area contributed by atoms with Gasteiger partial charge in [0.1, 0.15) is 17.4 Å². The van der Waals surface area contributed by atoms with Gasteiger partial charge in [0.15, 0.2) is 0 Å². The van der Waals surface area contributed by atoms with E-state index < -0.39 is 0 Å². The SMILES string of the molecule is COc1ccc(CCC(=O)NCc2nccc(N3CCCCC3)n2)cc1. The van der Waals surface area contributed by atoms with Crippen LogP contribution in [0.25, 0.3) is 0 Å². The number of hydrogen-bond donors (Lipinski definition) is 1. The number of aryl methyl sites for hydroxylation is 1. The monoisotopic (exact) mass is 354 g/mol. The second-order valence-electron chi connectivity index (χ2n) is 6.50. The highest BCUT2D eigenvalue weighted by molar-refractivity contribution is 5.76. The number of nitrogens with zero attached hydrogens (tertiary/aromatic N) is 3. The van der Waals surface area contributed by atoms with Crippen LogP contribution in [0, 0.1) is 0 Å². The number of rotatable bonds is 7. The minimum absolute atomic E-state index is 0.00722. The third-order valence-electron chi connectivity index (χ3n) is 4.61. The van der Waals surface area contributed by atoms with Gasteiger partial charge in [0.25, 0.3) is 0 Å². The number of ether oxygens (including phenoxy) is 1. The zero-order chi connectivity index (χ0) is 18.2. The molecule has 3 rings (SSSR count). The number of benzene rings is 1. The van der Waals surface area contributed by atoms with Gasteiger partial charge in [0.05, 0.1) is 13.7 Å². The number of piperidine rings is 1. The van der Waals surface area contributed by atoms with Gasteiger partial charge < -0.3 is 15.0 Å². The van der Waals surface area contributed by atoms with Gasteiger partial charge in [-0.15, -0.1) is 0 Å². The number of amides is 1. The van der Waals surface area contributed by atoms with E-state index in [1.807, 2.05) is 30.3 Å². The molecule has 2 aromatic rings. The Labute approximate surface area is 154 Å². The lowest BCUT2D eigenvalue weighted by Crippen LogP contribution is -2.31. The molecule has 26 heavy (non-hydrogen) atoms. The molecule has 0 aliphatic carbocycles. The summed E-state index contributed by atoms with van der Waals surface area (Å²) >= 11 is 0. The first-order valence-corrected chi connectivity index (χ1v) is 9.21. The average Bonchev–Trinajstić information content (AvgIpc) is 2.72. The van der Waals surface area contributed by atoms with Crippen LogP contribution in [0.3, 0.4) is 0 Å². The Balaban J connectivity index is 1.46. The zero-order valence-corrected chi connectivity index (χ0v) is 15.3. The molecule has 6 nitrogen and oxygen atoms in total. The molecule has 0 spiro atoms. The molecule has 0 atom stereocenters. The van der Waals surface area contributed by atoms with E-state index in [9.17, 15) is 4.79 Å². The molecular weight excluding hydrogens is 328 g/mol. The van der Waals surface area contributed by atoms with E-state index in [-0.39, 0.29) is 5.91 Å². The van der Waals surface area contributed by atoms with Crippen molar-refractivity contribution >= 4 is 11.7 Å². The van der Waals surface area contributed by atoms with Crippen molar-refractivity contribution in [1.29, 1.82) is 0 Å². The van der Waals surface area contributed by atoms with Crippen molar-refractivity contribution in [2.75, 3.05) is 25.1 Å². The van der Waals surface area contributed by atoms with Crippen LogP contribution in [0.4, 0.5) is 5.82 Å². The van der Waals surface area contributed by atoms with Gasteiger partial charge in [-0.05, 0) is 49.4 Å². The maximum atomic E-state index is 12.1. The molecule has 1 fully saturated rings. The molecular formula is C20H26N4O2. The molecule has 1 aliphatic rings. The van der Waals surface area contributed by atoms with Gasteiger partial charge in [-0.2, -0.15) is 0 Å². The number of hydrogen-bond acceptors (Lipinski definition) is 5. The van der Waals surface area contributed by atoms with Crippen molar-refractivity contribution < 1.29 is 9.53 Å². The van der Waals surface area contributed by atoms with Gasteiger partial charge in [0, 0.05) is 25.7 Å². The Morgan fingerprint density at radius 2 is 1.92 bits per heavy atom. The van der Waals surface area contributed by atoms with Crippen LogP contribution in [-0.2, 0) is 17.8 Å². The van der Waals surface area contributed by atoms with Crippen LogP contribution >= 0.6 is 0 Å². The quantitative estimate of drug-likeness (QED) is 0.828. The lowest BCUT2D eigenvalue weighted by atomic mass is 10.1. The predicted molar refractivity (Wildman–Crippen MR) is 101 cm³/mol. The van der Waals surface area contributed by atoms with E-state index in [1.165, 1.54) is 19.3 Å². The van der Waals surface area contributed by atoms with Gasteiger partial charge in [-0.1, -0.05) is 12.1 Å². The molecule has 0 radical (unpaired) electrons. The molecule has 1 aromatic heterocycles. The molecule has 1 saturated heterocycles. The predicted octanol–water partition coefficient (Wildman–Crippen LogP) is 2.72. The van der Waals surface area contributed by atoms with Crippen molar-refractivity contribution in [3.63, 3.8) is 0 Å². The lowest BCUT2D eigenvalue weighted by Gasteiger charge is -2.27. The second kappa shape index (κ2) is 9.17. The van der Waals surface area contributed by atoms with E-state index in [4.69, 9.17) is 4.74 Å².